The van der Waals surface area contributed by atoms with Gasteiger partial charge in [-0.3, -0.25) is 4.79 Å². The number of hydrogen-bond donors (Lipinski definition) is 1. The minimum Gasteiger partial charge on any atom is -0.481 e. The predicted octanol–water partition coefficient (Wildman–Crippen LogP) is 5.62. The van der Waals surface area contributed by atoms with E-state index in [9.17, 15) is 14.7 Å². The molecule has 1 N–H and O–H groups in total. The molecule has 5 nitrogen and oxygen atoms in total. The van der Waals surface area contributed by atoms with Crippen LogP contribution in [0.1, 0.15) is 98.3 Å². The van der Waals surface area contributed by atoms with E-state index in [2.05, 4.69) is 6.92 Å². The number of amides is 1. The van der Waals surface area contributed by atoms with Crippen LogP contribution in [0.15, 0.2) is 0 Å². The van der Waals surface area contributed by atoms with E-state index in [1.807, 2.05) is 20.8 Å². The zero-order valence-corrected chi connectivity index (χ0v) is 17.3. The lowest BCUT2D eigenvalue weighted by Gasteiger charge is -2.40. The van der Waals surface area contributed by atoms with Crippen LogP contribution in [0.3, 0.4) is 0 Å². The number of piperidine rings is 1. The molecule has 0 aromatic carbocycles. The number of ether oxygens (including phenoxy) is 1. The topological polar surface area (TPSA) is 66.8 Å². The van der Waals surface area contributed by atoms with Crippen LogP contribution in [0.2, 0.25) is 0 Å². The average molecular weight is 370 g/mol. The van der Waals surface area contributed by atoms with Gasteiger partial charge in [0.2, 0.25) is 0 Å². The molecule has 1 fully saturated rings. The minimum atomic E-state index is -0.808. The SMILES string of the molecule is CCCCCCCCCCC1(C(=O)O)CCCN(C(=O)OC(C)(C)C)C1. The normalized spacial score (nSPS) is 20.8. The molecular formula is C21H39NO4. The van der Waals surface area contributed by atoms with Gasteiger partial charge in [0, 0.05) is 13.1 Å². The highest BCUT2D eigenvalue weighted by Crippen LogP contribution is 2.36. The Bertz CT molecular complexity index is 444. The van der Waals surface area contributed by atoms with E-state index in [1.54, 1.807) is 4.90 Å². The highest BCUT2D eigenvalue weighted by molar-refractivity contribution is 5.77. The fraction of sp³-hybridized carbons (Fsp3) is 0.905. The molecule has 1 amide bonds. The first-order valence-electron chi connectivity index (χ1n) is 10.4. The summed E-state index contributed by atoms with van der Waals surface area (Å²) in [6, 6.07) is 0. The van der Waals surface area contributed by atoms with Gasteiger partial charge in [0.05, 0.1) is 5.41 Å². The van der Waals surface area contributed by atoms with Crippen molar-refractivity contribution in [2.24, 2.45) is 5.41 Å². The molecule has 1 saturated heterocycles. The molecule has 1 aliphatic heterocycles. The van der Waals surface area contributed by atoms with Gasteiger partial charge in [-0.05, 0) is 40.0 Å². The van der Waals surface area contributed by atoms with E-state index in [0.717, 1.165) is 19.3 Å². The lowest BCUT2D eigenvalue weighted by molar-refractivity contribution is -0.153. The maximum absolute atomic E-state index is 12.3. The van der Waals surface area contributed by atoms with E-state index in [1.165, 1.54) is 38.5 Å². The summed E-state index contributed by atoms with van der Waals surface area (Å²) in [6.07, 6.45) is 11.2. The Morgan fingerprint density at radius 2 is 1.62 bits per heavy atom. The van der Waals surface area contributed by atoms with Gasteiger partial charge in [-0.1, -0.05) is 58.3 Å². The quantitative estimate of drug-likeness (QED) is 0.508. The molecule has 26 heavy (non-hydrogen) atoms. The molecule has 1 atom stereocenters. The second kappa shape index (κ2) is 10.8. The smallest absolute Gasteiger partial charge is 0.410 e. The summed E-state index contributed by atoms with van der Waals surface area (Å²) < 4.78 is 5.43. The Hall–Kier alpha value is -1.26. The third-order valence-corrected chi connectivity index (χ3v) is 5.19. The van der Waals surface area contributed by atoms with Crippen molar-refractivity contribution in [3.05, 3.63) is 0 Å². The molecule has 1 rings (SSSR count). The summed E-state index contributed by atoms with van der Waals surface area (Å²) in [4.78, 5) is 25.9. The number of carboxylic acid groups (broad SMARTS) is 1. The van der Waals surface area contributed by atoms with E-state index in [4.69, 9.17) is 4.74 Å². The third kappa shape index (κ3) is 7.96. The number of likely N-dealkylation sites (tertiary alicyclic amines) is 1. The molecular weight excluding hydrogens is 330 g/mol. The maximum Gasteiger partial charge on any atom is 0.410 e. The molecule has 1 heterocycles. The summed E-state index contributed by atoms with van der Waals surface area (Å²) in [5, 5.41) is 9.84. The first-order chi connectivity index (χ1) is 12.2. The standard InChI is InChI=1S/C21H39NO4/c1-5-6-7-8-9-10-11-12-14-21(18(23)24)15-13-16-22(17-21)19(25)26-20(2,3)4/h5-17H2,1-4H3,(H,23,24). The van der Waals surface area contributed by atoms with Crippen LogP contribution in [-0.2, 0) is 9.53 Å². The summed E-state index contributed by atoms with van der Waals surface area (Å²) in [6.45, 7) is 8.57. The number of carbonyl (C=O) groups is 2. The summed E-state index contributed by atoms with van der Waals surface area (Å²) in [5.41, 5.74) is -1.37. The molecule has 5 heteroatoms. The number of carbonyl (C=O) groups excluding carboxylic acids is 1. The van der Waals surface area contributed by atoms with Gasteiger partial charge in [0.15, 0.2) is 0 Å². The van der Waals surface area contributed by atoms with Crippen LogP contribution < -0.4 is 0 Å². The Balaban J connectivity index is 2.47. The lowest BCUT2D eigenvalue weighted by Crippen LogP contribution is -2.51. The van der Waals surface area contributed by atoms with Gasteiger partial charge < -0.3 is 14.7 Å². The number of nitrogens with zero attached hydrogens (tertiary/aromatic N) is 1. The van der Waals surface area contributed by atoms with Gasteiger partial charge in [0.25, 0.3) is 0 Å². The highest BCUT2D eigenvalue weighted by atomic mass is 16.6. The molecule has 0 saturated carbocycles. The molecule has 0 aliphatic carbocycles. The monoisotopic (exact) mass is 369 g/mol. The van der Waals surface area contributed by atoms with Crippen LogP contribution in [0.4, 0.5) is 4.79 Å². The van der Waals surface area contributed by atoms with E-state index in [0.29, 0.717) is 19.4 Å². The fourth-order valence-corrected chi connectivity index (χ4v) is 3.70. The van der Waals surface area contributed by atoms with E-state index < -0.39 is 23.1 Å². The Labute approximate surface area is 159 Å². The maximum atomic E-state index is 12.3. The minimum absolute atomic E-state index is 0.272. The second-order valence-corrected chi connectivity index (χ2v) is 8.82. The Morgan fingerprint density at radius 3 is 2.15 bits per heavy atom. The van der Waals surface area contributed by atoms with Crippen LogP contribution >= 0.6 is 0 Å². The molecule has 0 aromatic rings. The van der Waals surface area contributed by atoms with Crippen molar-refractivity contribution in [2.45, 2.75) is 104 Å². The molecule has 0 bridgehead atoms. The van der Waals surface area contributed by atoms with Crippen molar-refractivity contribution < 1.29 is 19.4 Å². The van der Waals surface area contributed by atoms with Crippen LogP contribution in [0.5, 0.6) is 0 Å². The molecule has 1 aliphatic rings. The molecule has 0 radical (unpaired) electrons. The van der Waals surface area contributed by atoms with Gasteiger partial charge in [-0.15, -0.1) is 0 Å². The van der Waals surface area contributed by atoms with Gasteiger partial charge in [0.1, 0.15) is 5.60 Å². The Kier molecular flexibility index (Phi) is 9.45. The zero-order valence-electron chi connectivity index (χ0n) is 17.3. The predicted molar refractivity (Wildman–Crippen MR) is 104 cm³/mol. The van der Waals surface area contributed by atoms with Gasteiger partial charge >= 0.3 is 12.1 Å². The molecule has 152 valence electrons. The summed E-state index contributed by atoms with van der Waals surface area (Å²) >= 11 is 0. The van der Waals surface area contributed by atoms with Gasteiger partial charge in [-0.2, -0.15) is 0 Å². The van der Waals surface area contributed by atoms with Crippen molar-refractivity contribution in [3.63, 3.8) is 0 Å². The molecule has 0 aromatic heterocycles. The Morgan fingerprint density at radius 1 is 1.04 bits per heavy atom. The second-order valence-electron chi connectivity index (χ2n) is 8.82. The highest BCUT2D eigenvalue weighted by Gasteiger charge is 2.43. The van der Waals surface area contributed by atoms with Crippen molar-refractivity contribution >= 4 is 12.1 Å². The van der Waals surface area contributed by atoms with Crippen LogP contribution in [-0.4, -0.2) is 40.8 Å². The largest absolute Gasteiger partial charge is 0.481 e. The van der Waals surface area contributed by atoms with Crippen molar-refractivity contribution in [2.75, 3.05) is 13.1 Å². The van der Waals surface area contributed by atoms with Crippen molar-refractivity contribution in [1.29, 1.82) is 0 Å². The number of rotatable bonds is 10. The number of carboxylic acids is 1. The van der Waals surface area contributed by atoms with E-state index in [-0.39, 0.29) is 6.54 Å². The molecule has 1 unspecified atom stereocenters. The first kappa shape index (κ1) is 22.8. The van der Waals surface area contributed by atoms with E-state index >= 15 is 0 Å². The van der Waals surface area contributed by atoms with Gasteiger partial charge in [-0.25, -0.2) is 4.79 Å². The fourth-order valence-electron chi connectivity index (χ4n) is 3.70. The summed E-state index contributed by atoms with van der Waals surface area (Å²) in [5.74, 6) is -0.770. The van der Waals surface area contributed by atoms with Crippen molar-refractivity contribution in [3.8, 4) is 0 Å². The summed E-state index contributed by atoms with van der Waals surface area (Å²) in [7, 11) is 0. The van der Waals surface area contributed by atoms with Crippen LogP contribution in [0.25, 0.3) is 0 Å². The van der Waals surface area contributed by atoms with Crippen molar-refractivity contribution in [1.82, 2.24) is 4.90 Å². The number of aliphatic carboxylic acids is 1. The lowest BCUT2D eigenvalue weighted by atomic mass is 9.76. The number of hydrogen-bond acceptors (Lipinski definition) is 3. The molecule has 0 spiro atoms. The van der Waals surface area contributed by atoms with Crippen LogP contribution in [0, 0.1) is 5.41 Å². The zero-order chi connectivity index (χ0) is 19.6. The first-order valence-corrected chi connectivity index (χ1v) is 10.4. The number of unbranched alkanes of at least 4 members (excludes halogenated alkanes) is 7. The third-order valence-electron chi connectivity index (χ3n) is 5.19. The average Bonchev–Trinajstić information content (AvgIpc) is 2.56.